The molecule has 122 valence electrons. The van der Waals surface area contributed by atoms with Crippen molar-refractivity contribution in [2.75, 3.05) is 0 Å². The Hall–Kier alpha value is -1.62. The lowest BCUT2D eigenvalue weighted by Crippen LogP contribution is -2.26. The summed E-state index contributed by atoms with van der Waals surface area (Å²) >= 11 is 0. The Morgan fingerprint density at radius 2 is 1.59 bits per heavy atom. The number of hydrogen-bond acceptors (Lipinski definition) is 3. The van der Waals surface area contributed by atoms with Gasteiger partial charge in [-0.3, -0.25) is 9.59 Å². The van der Waals surface area contributed by atoms with Gasteiger partial charge in [0, 0.05) is 22.3 Å². The van der Waals surface area contributed by atoms with Gasteiger partial charge in [0.05, 0.1) is 5.60 Å². The molecule has 0 unspecified atom stereocenters. The minimum Gasteiger partial charge on any atom is -0.390 e. The zero-order valence-electron chi connectivity index (χ0n) is 13.4. The van der Waals surface area contributed by atoms with Gasteiger partial charge in [0.15, 0.2) is 11.6 Å². The Bertz CT molecular complexity index is 577. The molecule has 0 spiro atoms. The Morgan fingerprint density at radius 3 is 2.14 bits per heavy atom. The van der Waals surface area contributed by atoms with Crippen LogP contribution < -0.4 is 0 Å². The number of rotatable bonds is 6. The summed E-state index contributed by atoms with van der Waals surface area (Å²) in [7, 11) is 0. The molecule has 1 rings (SSSR count). The molecule has 5 heteroatoms. The van der Waals surface area contributed by atoms with Gasteiger partial charge in [-0.05, 0) is 59.5 Å². The number of Topliss-reactive ketones (excluding diaryl/α,β-unsaturated/α-hetero) is 2. The maximum absolute atomic E-state index is 12.3. The summed E-state index contributed by atoms with van der Waals surface area (Å²) in [4.78, 5) is 24.3. The topological polar surface area (TPSA) is 54.4 Å². The molecule has 1 aliphatic carbocycles. The van der Waals surface area contributed by atoms with Crippen molar-refractivity contribution in [2.45, 2.75) is 59.0 Å². The first kappa shape index (κ1) is 18.4. The van der Waals surface area contributed by atoms with Crippen molar-refractivity contribution in [3.63, 3.8) is 0 Å². The van der Waals surface area contributed by atoms with Crippen molar-refractivity contribution in [2.24, 2.45) is 0 Å². The van der Waals surface area contributed by atoms with E-state index in [0.717, 1.165) is 6.08 Å². The minimum absolute atomic E-state index is 0.0677. The van der Waals surface area contributed by atoms with E-state index in [2.05, 4.69) is 0 Å². The molecule has 0 saturated heterocycles. The molecule has 0 aliphatic heterocycles. The SMILES string of the molecule is CC1=C(C)C(=O)C(CC[C@](C)(O)CCC=C(F)F)=C(C)C1=O. The number of carbonyl (C=O) groups is 2. The van der Waals surface area contributed by atoms with E-state index in [1.54, 1.807) is 27.7 Å². The average Bonchev–Trinajstić information content (AvgIpc) is 2.42. The van der Waals surface area contributed by atoms with Gasteiger partial charge in [0.2, 0.25) is 0 Å². The largest absolute Gasteiger partial charge is 0.390 e. The highest BCUT2D eigenvalue weighted by Crippen LogP contribution is 2.30. The number of ketones is 2. The second-order valence-corrected chi connectivity index (χ2v) is 6.04. The fraction of sp³-hybridized carbons (Fsp3) is 0.529. The number of carbonyl (C=O) groups excluding carboxylic acids is 2. The predicted octanol–water partition coefficient (Wildman–Crippen LogP) is 3.88. The summed E-state index contributed by atoms with van der Waals surface area (Å²) in [5.74, 6) is -0.311. The van der Waals surface area contributed by atoms with Gasteiger partial charge < -0.3 is 5.11 Å². The summed E-state index contributed by atoms with van der Waals surface area (Å²) in [6, 6.07) is 0. The zero-order valence-corrected chi connectivity index (χ0v) is 13.4. The smallest absolute Gasteiger partial charge is 0.266 e. The summed E-state index contributed by atoms with van der Waals surface area (Å²) in [5.41, 5.74) is 0.570. The van der Waals surface area contributed by atoms with Crippen LogP contribution in [-0.2, 0) is 9.59 Å². The minimum atomic E-state index is -1.77. The van der Waals surface area contributed by atoms with E-state index in [9.17, 15) is 23.5 Å². The van der Waals surface area contributed by atoms with E-state index in [4.69, 9.17) is 0 Å². The molecule has 1 aliphatic rings. The highest BCUT2D eigenvalue weighted by atomic mass is 19.3. The molecule has 0 radical (unpaired) electrons. The average molecular weight is 312 g/mol. The Morgan fingerprint density at radius 1 is 1.05 bits per heavy atom. The molecule has 0 aromatic heterocycles. The zero-order chi connectivity index (χ0) is 17.1. The predicted molar refractivity (Wildman–Crippen MR) is 80.5 cm³/mol. The summed E-state index contributed by atoms with van der Waals surface area (Å²) < 4.78 is 24.0. The molecule has 0 bridgehead atoms. The van der Waals surface area contributed by atoms with Crippen LogP contribution in [0.4, 0.5) is 8.78 Å². The van der Waals surface area contributed by atoms with Crippen molar-refractivity contribution in [1.29, 1.82) is 0 Å². The molecule has 0 fully saturated rings. The number of hydrogen-bond donors (Lipinski definition) is 1. The van der Waals surface area contributed by atoms with Gasteiger partial charge in [-0.1, -0.05) is 0 Å². The van der Waals surface area contributed by atoms with Gasteiger partial charge >= 0.3 is 0 Å². The summed E-state index contributed by atoms with van der Waals surface area (Å²) in [5, 5.41) is 10.2. The first-order valence-electron chi connectivity index (χ1n) is 7.27. The van der Waals surface area contributed by atoms with Gasteiger partial charge in [-0.15, -0.1) is 0 Å². The quantitative estimate of drug-likeness (QED) is 0.757. The van der Waals surface area contributed by atoms with E-state index in [1.165, 1.54) is 0 Å². The lowest BCUT2D eigenvalue weighted by molar-refractivity contribution is -0.116. The van der Waals surface area contributed by atoms with Crippen LogP contribution in [0.15, 0.2) is 34.4 Å². The van der Waals surface area contributed by atoms with Gasteiger partial charge in [-0.25, -0.2) is 0 Å². The van der Waals surface area contributed by atoms with Crippen LogP contribution in [0.3, 0.4) is 0 Å². The molecule has 22 heavy (non-hydrogen) atoms. The standard InChI is InChI=1S/C17H22F2O3/c1-10-11(2)16(21)13(12(3)15(10)20)7-9-17(4,22)8-5-6-14(18)19/h6,22H,5,7-9H2,1-4H3/t17-/m1/s1. The fourth-order valence-corrected chi connectivity index (χ4v) is 2.47. The third-order valence-electron chi connectivity index (χ3n) is 4.21. The van der Waals surface area contributed by atoms with E-state index < -0.39 is 11.7 Å². The van der Waals surface area contributed by atoms with Crippen LogP contribution in [0.1, 0.15) is 53.4 Å². The van der Waals surface area contributed by atoms with E-state index in [1.807, 2.05) is 0 Å². The maximum Gasteiger partial charge on any atom is 0.266 e. The Balaban J connectivity index is 2.77. The molecule has 0 aromatic rings. The maximum atomic E-state index is 12.3. The molecule has 0 saturated carbocycles. The number of halogens is 2. The van der Waals surface area contributed by atoms with Crippen molar-refractivity contribution in [3.05, 3.63) is 34.4 Å². The van der Waals surface area contributed by atoms with E-state index >= 15 is 0 Å². The number of aliphatic hydroxyl groups is 1. The number of allylic oxidation sites excluding steroid dienone is 5. The first-order valence-corrected chi connectivity index (χ1v) is 7.27. The van der Waals surface area contributed by atoms with Crippen LogP contribution in [0.2, 0.25) is 0 Å². The van der Waals surface area contributed by atoms with Crippen LogP contribution in [0.5, 0.6) is 0 Å². The van der Waals surface area contributed by atoms with Crippen LogP contribution in [-0.4, -0.2) is 22.3 Å². The highest BCUT2D eigenvalue weighted by molar-refractivity contribution is 6.24. The molecular weight excluding hydrogens is 290 g/mol. The van der Waals surface area contributed by atoms with Crippen LogP contribution in [0, 0.1) is 0 Å². The van der Waals surface area contributed by atoms with Gasteiger partial charge in [0.1, 0.15) is 0 Å². The third-order valence-corrected chi connectivity index (χ3v) is 4.21. The lowest BCUT2D eigenvalue weighted by Gasteiger charge is -2.25. The Labute approximate surface area is 129 Å². The normalized spacial score (nSPS) is 18.7. The van der Waals surface area contributed by atoms with Crippen LogP contribution in [0.25, 0.3) is 0 Å². The summed E-state index contributed by atoms with van der Waals surface area (Å²) in [6.45, 7) is 6.41. The van der Waals surface area contributed by atoms with Crippen LogP contribution >= 0.6 is 0 Å². The monoisotopic (exact) mass is 312 g/mol. The highest BCUT2D eigenvalue weighted by Gasteiger charge is 2.29. The molecule has 1 N–H and O–H groups in total. The molecule has 0 heterocycles. The molecule has 1 atom stereocenters. The lowest BCUT2D eigenvalue weighted by atomic mass is 9.82. The van der Waals surface area contributed by atoms with Crippen molar-refractivity contribution in [3.8, 4) is 0 Å². The molecule has 0 aromatic carbocycles. The second-order valence-electron chi connectivity index (χ2n) is 6.04. The van der Waals surface area contributed by atoms with E-state index in [0.29, 0.717) is 22.3 Å². The van der Waals surface area contributed by atoms with Crippen molar-refractivity contribution in [1.82, 2.24) is 0 Å². The molecular formula is C17H22F2O3. The van der Waals surface area contributed by atoms with Crippen molar-refractivity contribution >= 4 is 11.6 Å². The summed E-state index contributed by atoms with van der Waals surface area (Å²) in [6.07, 6.45) is -0.253. The molecule has 3 nitrogen and oxygen atoms in total. The fourth-order valence-electron chi connectivity index (χ4n) is 2.47. The second kappa shape index (κ2) is 7.09. The Kier molecular flexibility index (Phi) is 5.94. The first-order chi connectivity index (χ1) is 10.1. The van der Waals surface area contributed by atoms with Crippen molar-refractivity contribution < 1.29 is 23.5 Å². The molecule has 0 amide bonds. The van der Waals surface area contributed by atoms with Gasteiger partial charge in [0.25, 0.3) is 6.08 Å². The third kappa shape index (κ3) is 4.44. The van der Waals surface area contributed by atoms with E-state index in [-0.39, 0.29) is 37.2 Å². The van der Waals surface area contributed by atoms with Gasteiger partial charge in [-0.2, -0.15) is 8.78 Å².